The van der Waals surface area contributed by atoms with Crippen molar-refractivity contribution in [2.75, 3.05) is 20.3 Å². The van der Waals surface area contributed by atoms with E-state index in [4.69, 9.17) is 19.7 Å². The summed E-state index contributed by atoms with van der Waals surface area (Å²) in [5.41, 5.74) is 0. The molecule has 1 rings (SSSR count). The molecule has 0 aliphatic carbocycles. The summed E-state index contributed by atoms with van der Waals surface area (Å²) in [6.07, 6.45) is -1.33. The minimum atomic E-state index is -0.595. The summed E-state index contributed by atoms with van der Waals surface area (Å²) >= 11 is 0. The lowest BCUT2D eigenvalue weighted by Gasteiger charge is -2.15. The smallest absolute Gasteiger partial charge is 0.114 e. The van der Waals surface area contributed by atoms with Gasteiger partial charge in [0.15, 0.2) is 0 Å². The Labute approximate surface area is 59.4 Å². The monoisotopic (exact) mass is 148 g/mol. The van der Waals surface area contributed by atoms with Crippen LogP contribution in [0.5, 0.6) is 0 Å². The van der Waals surface area contributed by atoms with Crippen LogP contribution in [0, 0.1) is 0 Å². The van der Waals surface area contributed by atoms with E-state index in [-0.39, 0.29) is 25.4 Å². The first-order valence-corrected chi connectivity index (χ1v) is 3.23. The van der Waals surface area contributed by atoms with E-state index in [0.29, 0.717) is 0 Å². The van der Waals surface area contributed by atoms with Gasteiger partial charge in [-0.15, -0.1) is 0 Å². The Morgan fingerprint density at radius 3 is 2.80 bits per heavy atom. The molecular weight excluding hydrogens is 136 g/mol. The molecule has 10 heavy (non-hydrogen) atoms. The molecule has 1 aliphatic heterocycles. The minimum Gasteiger partial charge on any atom is -0.394 e. The van der Waals surface area contributed by atoms with Crippen molar-refractivity contribution in [1.82, 2.24) is 0 Å². The standard InChI is InChI=1S/C6H12O4/c1-9-6-4(8)3-10-5(6)2-7/h4-8H,2-3H2,1H3/t4-,5-,6+/m0/s1. The fraction of sp³-hybridized carbons (Fsp3) is 1.00. The first-order valence-electron chi connectivity index (χ1n) is 3.23. The molecule has 0 aromatic heterocycles. The van der Waals surface area contributed by atoms with E-state index >= 15 is 0 Å². The molecule has 0 amide bonds. The molecule has 2 N–H and O–H groups in total. The lowest BCUT2D eigenvalue weighted by Crippen LogP contribution is -2.34. The summed E-state index contributed by atoms with van der Waals surface area (Å²) < 4.78 is 9.88. The van der Waals surface area contributed by atoms with Crippen LogP contribution in [-0.2, 0) is 9.47 Å². The number of methoxy groups -OCH3 is 1. The second kappa shape index (κ2) is 3.30. The van der Waals surface area contributed by atoms with Crippen molar-refractivity contribution < 1.29 is 19.7 Å². The highest BCUT2D eigenvalue weighted by Crippen LogP contribution is 2.16. The Bertz CT molecular complexity index is 106. The Hall–Kier alpha value is -0.160. The van der Waals surface area contributed by atoms with E-state index in [9.17, 15) is 0 Å². The van der Waals surface area contributed by atoms with Crippen LogP contribution < -0.4 is 0 Å². The van der Waals surface area contributed by atoms with E-state index in [0.717, 1.165) is 0 Å². The maximum atomic E-state index is 9.13. The molecule has 0 aromatic carbocycles. The van der Waals surface area contributed by atoms with Crippen LogP contribution in [0.2, 0.25) is 0 Å². The van der Waals surface area contributed by atoms with Crippen molar-refractivity contribution in [2.24, 2.45) is 0 Å². The summed E-state index contributed by atoms with van der Waals surface area (Å²) in [6, 6.07) is 0. The van der Waals surface area contributed by atoms with Crippen molar-refractivity contribution in [3.8, 4) is 0 Å². The van der Waals surface area contributed by atoms with Gasteiger partial charge in [-0.05, 0) is 0 Å². The second-order valence-corrected chi connectivity index (χ2v) is 2.32. The third-order valence-corrected chi connectivity index (χ3v) is 1.68. The van der Waals surface area contributed by atoms with E-state index < -0.39 is 6.10 Å². The first-order chi connectivity index (χ1) is 4.79. The number of ether oxygens (including phenoxy) is 2. The fourth-order valence-corrected chi connectivity index (χ4v) is 1.13. The van der Waals surface area contributed by atoms with Gasteiger partial charge in [-0.1, -0.05) is 0 Å². The molecule has 4 nitrogen and oxygen atoms in total. The maximum Gasteiger partial charge on any atom is 0.114 e. The summed E-state index contributed by atoms with van der Waals surface area (Å²) in [5, 5.41) is 17.8. The van der Waals surface area contributed by atoms with Gasteiger partial charge in [-0.3, -0.25) is 0 Å². The van der Waals surface area contributed by atoms with Gasteiger partial charge in [0.2, 0.25) is 0 Å². The Balaban J connectivity index is 2.45. The lowest BCUT2D eigenvalue weighted by atomic mass is 10.1. The Kier molecular flexibility index (Phi) is 2.62. The van der Waals surface area contributed by atoms with Crippen molar-refractivity contribution in [3.05, 3.63) is 0 Å². The lowest BCUT2D eigenvalue weighted by molar-refractivity contribution is -0.0307. The molecule has 1 saturated heterocycles. The fourth-order valence-electron chi connectivity index (χ4n) is 1.13. The van der Waals surface area contributed by atoms with Crippen molar-refractivity contribution in [2.45, 2.75) is 18.3 Å². The molecule has 0 unspecified atom stereocenters. The van der Waals surface area contributed by atoms with Crippen LogP contribution in [0.4, 0.5) is 0 Å². The van der Waals surface area contributed by atoms with Gasteiger partial charge in [-0.2, -0.15) is 0 Å². The van der Waals surface area contributed by atoms with Gasteiger partial charge in [0.05, 0.1) is 13.2 Å². The van der Waals surface area contributed by atoms with Crippen molar-refractivity contribution >= 4 is 0 Å². The average Bonchev–Trinajstić information content (AvgIpc) is 2.30. The predicted molar refractivity (Wildman–Crippen MR) is 33.6 cm³/mol. The topological polar surface area (TPSA) is 58.9 Å². The average molecular weight is 148 g/mol. The number of aliphatic hydroxyl groups is 2. The van der Waals surface area contributed by atoms with Gasteiger partial charge in [0.1, 0.15) is 18.3 Å². The third-order valence-electron chi connectivity index (χ3n) is 1.68. The van der Waals surface area contributed by atoms with E-state index in [1.807, 2.05) is 0 Å². The molecule has 1 fully saturated rings. The van der Waals surface area contributed by atoms with E-state index in [2.05, 4.69) is 0 Å². The summed E-state index contributed by atoms with van der Waals surface area (Å²) in [6.45, 7) is 0.152. The van der Waals surface area contributed by atoms with Crippen LogP contribution in [0.25, 0.3) is 0 Å². The number of hydrogen-bond acceptors (Lipinski definition) is 4. The molecule has 60 valence electrons. The molecule has 4 heteroatoms. The minimum absolute atomic E-state index is 0.102. The number of hydrogen-bond donors (Lipinski definition) is 2. The zero-order chi connectivity index (χ0) is 7.56. The third kappa shape index (κ3) is 1.29. The highest BCUT2D eigenvalue weighted by molar-refractivity contribution is 4.83. The Morgan fingerprint density at radius 1 is 1.70 bits per heavy atom. The number of rotatable bonds is 2. The molecule has 1 heterocycles. The summed E-state index contributed by atoms with van der Waals surface area (Å²) in [5.74, 6) is 0. The van der Waals surface area contributed by atoms with Crippen molar-refractivity contribution in [1.29, 1.82) is 0 Å². The van der Waals surface area contributed by atoms with Gasteiger partial charge in [0, 0.05) is 7.11 Å². The molecule has 3 atom stereocenters. The molecule has 0 bridgehead atoms. The predicted octanol–water partition coefficient (Wildman–Crippen LogP) is -1.25. The Morgan fingerprint density at radius 2 is 2.40 bits per heavy atom. The van der Waals surface area contributed by atoms with Crippen LogP contribution in [0.15, 0.2) is 0 Å². The largest absolute Gasteiger partial charge is 0.394 e. The maximum absolute atomic E-state index is 9.13. The van der Waals surface area contributed by atoms with Crippen LogP contribution in [0.3, 0.4) is 0 Å². The SMILES string of the molecule is CO[C@H]1[C@H](CO)OC[C@@H]1O. The van der Waals surface area contributed by atoms with Crippen molar-refractivity contribution in [3.63, 3.8) is 0 Å². The molecule has 0 aromatic rings. The first kappa shape index (κ1) is 7.94. The van der Waals surface area contributed by atoms with Crippen LogP contribution in [0.1, 0.15) is 0 Å². The summed E-state index contributed by atoms with van der Waals surface area (Å²) in [4.78, 5) is 0. The molecule has 0 saturated carbocycles. The zero-order valence-corrected chi connectivity index (χ0v) is 5.86. The zero-order valence-electron chi connectivity index (χ0n) is 5.86. The van der Waals surface area contributed by atoms with Gasteiger partial charge >= 0.3 is 0 Å². The van der Waals surface area contributed by atoms with E-state index in [1.54, 1.807) is 0 Å². The summed E-state index contributed by atoms with van der Waals surface area (Å²) in [7, 11) is 1.49. The molecule has 0 radical (unpaired) electrons. The highest BCUT2D eigenvalue weighted by Gasteiger charge is 2.35. The van der Waals surface area contributed by atoms with Gasteiger partial charge in [-0.25, -0.2) is 0 Å². The van der Waals surface area contributed by atoms with Gasteiger partial charge < -0.3 is 19.7 Å². The second-order valence-electron chi connectivity index (χ2n) is 2.32. The normalized spacial score (nSPS) is 40.5. The molecule has 0 spiro atoms. The van der Waals surface area contributed by atoms with Gasteiger partial charge in [0.25, 0.3) is 0 Å². The molecule has 1 aliphatic rings. The highest BCUT2D eigenvalue weighted by atomic mass is 16.6. The quantitative estimate of drug-likeness (QED) is 0.514. The van der Waals surface area contributed by atoms with Crippen LogP contribution in [-0.4, -0.2) is 48.8 Å². The van der Waals surface area contributed by atoms with E-state index in [1.165, 1.54) is 7.11 Å². The van der Waals surface area contributed by atoms with Crippen LogP contribution >= 0.6 is 0 Å². The number of aliphatic hydroxyl groups excluding tert-OH is 2. The molecular formula is C6H12O4.